The smallest absolute Gasteiger partial charge is 0.287 e. The van der Waals surface area contributed by atoms with E-state index in [0.29, 0.717) is 18.7 Å². The van der Waals surface area contributed by atoms with Crippen molar-refractivity contribution in [2.75, 3.05) is 7.11 Å². The molecule has 0 saturated carbocycles. The molecule has 0 unspecified atom stereocenters. The van der Waals surface area contributed by atoms with Crippen molar-refractivity contribution in [3.63, 3.8) is 0 Å². The minimum atomic E-state index is -0.270. The number of methoxy groups -OCH3 is 1. The Bertz CT molecular complexity index is 1110. The summed E-state index contributed by atoms with van der Waals surface area (Å²) < 4.78 is 13.2. The van der Waals surface area contributed by atoms with Gasteiger partial charge in [-0.2, -0.15) is 0 Å². The number of imidazole rings is 1. The van der Waals surface area contributed by atoms with Gasteiger partial charge in [0, 0.05) is 24.6 Å². The maximum atomic E-state index is 12.8. The molecule has 138 valence electrons. The lowest BCUT2D eigenvalue weighted by molar-refractivity contribution is 0.0917. The molecule has 2 aromatic heterocycles. The first-order valence-corrected chi connectivity index (χ1v) is 8.94. The molecule has 0 atom stereocenters. The van der Waals surface area contributed by atoms with Crippen LogP contribution in [0.4, 0.5) is 0 Å². The summed E-state index contributed by atoms with van der Waals surface area (Å²) in [7, 11) is 1.60. The van der Waals surface area contributed by atoms with Gasteiger partial charge in [0.25, 0.3) is 5.91 Å². The monoisotopic (exact) mass is 363 g/mol. The predicted molar refractivity (Wildman–Crippen MR) is 104 cm³/mol. The van der Waals surface area contributed by atoms with Crippen LogP contribution in [-0.2, 0) is 24.4 Å². The Kier molecular flexibility index (Phi) is 4.64. The molecule has 2 aromatic carbocycles. The number of hydrogen-bond donors (Lipinski definition) is 1. The highest BCUT2D eigenvalue weighted by Gasteiger charge is 2.21. The first-order valence-electron chi connectivity index (χ1n) is 8.94. The minimum Gasteiger partial charge on any atom is -0.451 e. The van der Waals surface area contributed by atoms with Crippen LogP contribution in [0.25, 0.3) is 22.0 Å². The second kappa shape index (κ2) is 7.25. The third-order valence-electron chi connectivity index (χ3n) is 4.65. The van der Waals surface area contributed by atoms with E-state index in [-0.39, 0.29) is 11.7 Å². The quantitative estimate of drug-likeness (QED) is 0.564. The molecule has 2 heterocycles. The maximum Gasteiger partial charge on any atom is 0.287 e. The number of para-hydroxylation sites is 3. The van der Waals surface area contributed by atoms with E-state index >= 15 is 0 Å². The Morgan fingerprint density at radius 3 is 2.78 bits per heavy atom. The maximum absolute atomic E-state index is 12.8. The second-order valence-electron chi connectivity index (χ2n) is 6.28. The van der Waals surface area contributed by atoms with Crippen molar-refractivity contribution in [2.45, 2.75) is 26.6 Å². The standard InChI is InChI=1S/C21H21N3O3/c1-3-24-17-10-6-5-9-16(17)23-19(24)12-22-21(25)20-15(13-26-2)14-8-4-7-11-18(14)27-20/h4-11H,3,12-13H2,1-2H3,(H,22,25). The van der Waals surface area contributed by atoms with Crippen LogP contribution >= 0.6 is 0 Å². The highest BCUT2D eigenvalue weighted by molar-refractivity contribution is 5.99. The summed E-state index contributed by atoms with van der Waals surface area (Å²) in [6.45, 7) is 3.48. The van der Waals surface area contributed by atoms with Crippen molar-refractivity contribution < 1.29 is 13.9 Å². The van der Waals surface area contributed by atoms with Crippen LogP contribution in [0, 0.1) is 0 Å². The Hall–Kier alpha value is -3.12. The summed E-state index contributed by atoms with van der Waals surface area (Å²) in [5.74, 6) is 0.835. The highest BCUT2D eigenvalue weighted by atomic mass is 16.5. The number of fused-ring (bicyclic) bond motifs is 2. The number of aryl methyl sites for hydroxylation is 1. The Labute approximate surface area is 156 Å². The van der Waals surface area contributed by atoms with Crippen molar-refractivity contribution in [2.24, 2.45) is 0 Å². The molecular weight excluding hydrogens is 342 g/mol. The molecule has 0 fully saturated rings. The van der Waals surface area contributed by atoms with E-state index in [1.807, 2.05) is 48.5 Å². The summed E-state index contributed by atoms with van der Waals surface area (Å²) in [6, 6.07) is 15.5. The summed E-state index contributed by atoms with van der Waals surface area (Å²) in [5, 5.41) is 3.83. The normalized spacial score (nSPS) is 11.3. The number of ether oxygens (including phenoxy) is 1. The van der Waals surface area contributed by atoms with E-state index in [9.17, 15) is 4.79 Å². The Morgan fingerprint density at radius 1 is 1.19 bits per heavy atom. The highest BCUT2D eigenvalue weighted by Crippen LogP contribution is 2.26. The molecule has 6 heteroatoms. The Balaban J connectivity index is 1.62. The van der Waals surface area contributed by atoms with E-state index in [1.165, 1.54) is 0 Å². The van der Waals surface area contributed by atoms with Crippen LogP contribution in [0.5, 0.6) is 0 Å². The number of furan rings is 1. The largest absolute Gasteiger partial charge is 0.451 e. The van der Waals surface area contributed by atoms with Gasteiger partial charge < -0.3 is 19.0 Å². The van der Waals surface area contributed by atoms with Crippen molar-refractivity contribution in [3.05, 3.63) is 65.7 Å². The van der Waals surface area contributed by atoms with E-state index in [2.05, 4.69) is 21.8 Å². The van der Waals surface area contributed by atoms with Gasteiger partial charge in [0.05, 0.1) is 24.2 Å². The molecule has 0 saturated heterocycles. The fourth-order valence-corrected chi connectivity index (χ4v) is 3.42. The van der Waals surface area contributed by atoms with Crippen molar-refractivity contribution >= 4 is 27.9 Å². The lowest BCUT2D eigenvalue weighted by Crippen LogP contribution is -2.25. The van der Waals surface area contributed by atoms with Gasteiger partial charge in [0.1, 0.15) is 11.4 Å². The van der Waals surface area contributed by atoms with Gasteiger partial charge in [-0.3, -0.25) is 4.79 Å². The molecule has 1 amide bonds. The predicted octanol–water partition coefficient (Wildman–Crippen LogP) is 3.88. The van der Waals surface area contributed by atoms with Crippen molar-refractivity contribution in [1.29, 1.82) is 0 Å². The fourth-order valence-electron chi connectivity index (χ4n) is 3.42. The SMILES string of the molecule is CCn1c(CNC(=O)c2oc3ccccc3c2COC)nc2ccccc21. The number of rotatable bonds is 6. The zero-order valence-corrected chi connectivity index (χ0v) is 15.4. The van der Waals surface area contributed by atoms with E-state index < -0.39 is 0 Å². The van der Waals surface area contributed by atoms with Gasteiger partial charge in [0.15, 0.2) is 5.76 Å². The van der Waals surface area contributed by atoms with E-state index in [4.69, 9.17) is 9.15 Å². The zero-order chi connectivity index (χ0) is 18.8. The van der Waals surface area contributed by atoms with Gasteiger partial charge in [-0.25, -0.2) is 4.98 Å². The van der Waals surface area contributed by atoms with Gasteiger partial charge >= 0.3 is 0 Å². The van der Waals surface area contributed by atoms with Crippen LogP contribution in [-0.4, -0.2) is 22.6 Å². The molecule has 0 radical (unpaired) electrons. The van der Waals surface area contributed by atoms with Gasteiger partial charge in [-0.15, -0.1) is 0 Å². The number of aromatic nitrogens is 2. The van der Waals surface area contributed by atoms with Gasteiger partial charge in [-0.05, 0) is 25.1 Å². The number of benzene rings is 2. The molecule has 1 N–H and O–H groups in total. The molecule has 0 aliphatic rings. The topological polar surface area (TPSA) is 69.3 Å². The molecule has 6 nitrogen and oxygen atoms in total. The van der Waals surface area contributed by atoms with Crippen LogP contribution < -0.4 is 5.32 Å². The first-order chi connectivity index (χ1) is 13.2. The van der Waals surface area contributed by atoms with Crippen LogP contribution in [0.2, 0.25) is 0 Å². The number of carbonyl (C=O) groups excluding carboxylic acids is 1. The lowest BCUT2D eigenvalue weighted by Gasteiger charge is -2.07. The van der Waals surface area contributed by atoms with E-state index in [0.717, 1.165) is 34.4 Å². The minimum absolute atomic E-state index is 0.270. The fraction of sp³-hybridized carbons (Fsp3) is 0.238. The average Bonchev–Trinajstić information content (AvgIpc) is 3.24. The van der Waals surface area contributed by atoms with Crippen molar-refractivity contribution in [3.8, 4) is 0 Å². The summed E-state index contributed by atoms with van der Waals surface area (Å²) in [6.07, 6.45) is 0. The number of carbonyl (C=O) groups is 1. The summed E-state index contributed by atoms with van der Waals surface area (Å²) in [5.41, 5.74) is 3.42. The van der Waals surface area contributed by atoms with Crippen LogP contribution in [0.3, 0.4) is 0 Å². The Morgan fingerprint density at radius 2 is 1.96 bits per heavy atom. The average molecular weight is 363 g/mol. The van der Waals surface area contributed by atoms with Crippen LogP contribution in [0.15, 0.2) is 52.9 Å². The molecule has 0 spiro atoms. The number of nitrogens with zero attached hydrogens (tertiary/aromatic N) is 2. The van der Waals surface area contributed by atoms with Crippen molar-refractivity contribution in [1.82, 2.24) is 14.9 Å². The van der Waals surface area contributed by atoms with Gasteiger partial charge in [-0.1, -0.05) is 30.3 Å². The first kappa shape index (κ1) is 17.3. The summed E-state index contributed by atoms with van der Waals surface area (Å²) >= 11 is 0. The van der Waals surface area contributed by atoms with Crippen LogP contribution in [0.1, 0.15) is 28.9 Å². The van der Waals surface area contributed by atoms with E-state index in [1.54, 1.807) is 7.11 Å². The molecular formula is C21H21N3O3. The number of amides is 1. The molecule has 0 aliphatic heterocycles. The zero-order valence-electron chi connectivity index (χ0n) is 15.4. The molecule has 4 rings (SSSR count). The number of hydrogen-bond acceptors (Lipinski definition) is 4. The molecule has 0 bridgehead atoms. The molecule has 27 heavy (non-hydrogen) atoms. The molecule has 0 aliphatic carbocycles. The lowest BCUT2D eigenvalue weighted by atomic mass is 10.1. The molecule has 4 aromatic rings. The third kappa shape index (κ3) is 3.08. The second-order valence-corrected chi connectivity index (χ2v) is 6.28. The van der Waals surface area contributed by atoms with Gasteiger partial charge in [0.2, 0.25) is 0 Å². The number of nitrogens with one attached hydrogen (secondary N) is 1. The third-order valence-corrected chi connectivity index (χ3v) is 4.65. The summed E-state index contributed by atoms with van der Waals surface area (Å²) in [4.78, 5) is 17.4.